The molecule has 0 saturated heterocycles. The number of hydrogen-bond acceptors (Lipinski definition) is 3. The normalized spacial score (nSPS) is 34.1. The van der Waals surface area contributed by atoms with Crippen LogP contribution in [0.1, 0.15) is 84.0 Å². The van der Waals surface area contributed by atoms with Crippen LogP contribution in [0.4, 0.5) is 0 Å². The van der Waals surface area contributed by atoms with Crippen molar-refractivity contribution in [1.29, 1.82) is 0 Å². The number of esters is 1. The Labute approximate surface area is 135 Å². The quantitative estimate of drug-likeness (QED) is 0.602. The fourth-order valence-electron chi connectivity index (χ4n) is 4.17. The molecule has 1 fully saturated rings. The van der Waals surface area contributed by atoms with Crippen LogP contribution in [0.5, 0.6) is 0 Å². The molecule has 0 bridgehead atoms. The molecule has 0 amide bonds. The molecule has 2 aliphatic rings. The molecule has 126 valence electrons. The van der Waals surface area contributed by atoms with Gasteiger partial charge in [-0.3, -0.25) is 4.79 Å². The number of carbonyl (C=O) groups excluding carboxylic acids is 1. The third-order valence-corrected chi connectivity index (χ3v) is 5.59. The fourth-order valence-corrected chi connectivity index (χ4v) is 4.17. The van der Waals surface area contributed by atoms with E-state index < -0.39 is 11.0 Å². The van der Waals surface area contributed by atoms with Gasteiger partial charge in [0.15, 0.2) is 0 Å². The second-order valence-corrected chi connectivity index (χ2v) is 7.04. The van der Waals surface area contributed by atoms with Gasteiger partial charge >= 0.3 is 5.97 Å². The summed E-state index contributed by atoms with van der Waals surface area (Å²) in [6, 6.07) is 0. The Bertz CT molecular complexity index is 390. The molecule has 0 aromatic heterocycles. The van der Waals surface area contributed by atoms with Crippen molar-refractivity contribution in [3.05, 3.63) is 12.2 Å². The van der Waals surface area contributed by atoms with Crippen LogP contribution in [-0.2, 0) is 9.53 Å². The van der Waals surface area contributed by atoms with E-state index in [-0.39, 0.29) is 5.97 Å². The second-order valence-electron chi connectivity index (χ2n) is 7.04. The van der Waals surface area contributed by atoms with Crippen molar-refractivity contribution in [2.45, 2.75) is 89.6 Å². The maximum atomic E-state index is 12.8. The lowest BCUT2D eigenvalue weighted by atomic mass is 9.61. The van der Waals surface area contributed by atoms with E-state index in [1.807, 2.05) is 13.0 Å². The molecule has 2 atom stereocenters. The first kappa shape index (κ1) is 17.5. The number of aliphatic hydroxyl groups is 1. The minimum absolute atomic E-state index is 0.182. The lowest BCUT2D eigenvalue weighted by Gasteiger charge is -2.47. The van der Waals surface area contributed by atoms with Crippen molar-refractivity contribution in [3.63, 3.8) is 0 Å². The summed E-state index contributed by atoms with van der Waals surface area (Å²) in [5.74, 6) is -0.182. The van der Waals surface area contributed by atoms with Crippen LogP contribution in [0.3, 0.4) is 0 Å². The van der Waals surface area contributed by atoms with Crippen LogP contribution in [0.25, 0.3) is 0 Å². The topological polar surface area (TPSA) is 46.5 Å². The van der Waals surface area contributed by atoms with E-state index in [4.69, 9.17) is 4.74 Å². The highest BCUT2D eigenvalue weighted by atomic mass is 16.5. The zero-order chi connectivity index (χ0) is 15.9. The Morgan fingerprint density at radius 1 is 0.955 bits per heavy atom. The lowest BCUT2D eigenvalue weighted by Crippen LogP contribution is -2.55. The van der Waals surface area contributed by atoms with E-state index in [1.54, 1.807) is 0 Å². The van der Waals surface area contributed by atoms with Gasteiger partial charge in [0, 0.05) is 0 Å². The number of allylic oxidation sites excluding steroid dienone is 1. The van der Waals surface area contributed by atoms with E-state index in [9.17, 15) is 9.90 Å². The van der Waals surface area contributed by atoms with E-state index >= 15 is 0 Å². The van der Waals surface area contributed by atoms with Crippen LogP contribution in [0.15, 0.2) is 12.2 Å². The number of hydrogen-bond donors (Lipinski definition) is 1. The fraction of sp³-hybridized carbons (Fsp3) is 0.842. The van der Waals surface area contributed by atoms with Crippen molar-refractivity contribution < 1.29 is 14.6 Å². The van der Waals surface area contributed by atoms with Gasteiger partial charge in [0.2, 0.25) is 0 Å². The van der Waals surface area contributed by atoms with Crippen molar-refractivity contribution >= 4 is 5.97 Å². The summed E-state index contributed by atoms with van der Waals surface area (Å²) in [5, 5.41) is 11.4. The van der Waals surface area contributed by atoms with Gasteiger partial charge in [-0.15, -0.1) is 0 Å². The van der Waals surface area contributed by atoms with Crippen LogP contribution < -0.4 is 0 Å². The van der Waals surface area contributed by atoms with Crippen LogP contribution in [-0.4, -0.2) is 23.3 Å². The first-order valence-corrected chi connectivity index (χ1v) is 9.19. The molecule has 0 heterocycles. The third kappa shape index (κ3) is 3.73. The van der Waals surface area contributed by atoms with Crippen LogP contribution in [0.2, 0.25) is 0 Å². The molecule has 1 N–H and O–H groups in total. The zero-order valence-corrected chi connectivity index (χ0v) is 14.1. The summed E-state index contributed by atoms with van der Waals surface area (Å²) in [7, 11) is 0. The molecular formula is C19H32O3. The molecule has 0 aliphatic heterocycles. The average molecular weight is 308 g/mol. The first-order chi connectivity index (χ1) is 10.6. The van der Waals surface area contributed by atoms with E-state index in [0.717, 1.165) is 38.5 Å². The number of rotatable bonds is 2. The highest BCUT2D eigenvalue weighted by Crippen LogP contribution is 2.49. The monoisotopic (exact) mass is 308 g/mol. The van der Waals surface area contributed by atoms with E-state index in [2.05, 4.69) is 6.08 Å². The summed E-state index contributed by atoms with van der Waals surface area (Å²) in [6.45, 7) is 2.24. The number of fused-ring (bicyclic) bond motifs is 1. The van der Waals surface area contributed by atoms with Crippen LogP contribution >= 0.6 is 0 Å². The van der Waals surface area contributed by atoms with Gasteiger partial charge in [0.05, 0.1) is 12.2 Å². The summed E-state index contributed by atoms with van der Waals surface area (Å²) >= 11 is 0. The van der Waals surface area contributed by atoms with E-state index in [1.165, 1.54) is 25.7 Å². The summed E-state index contributed by atoms with van der Waals surface area (Å²) in [6.07, 6.45) is 16.2. The predicted octanol–water partition coefficient (Wildman–Crippen LogP) is 4.53. The molecule has 0 radical (unpaired) electrons. The molecule has 3 nitrogen and oxygen atoms in total. The Morgan fingerprint density at radius 2 is 1.50 bits per heavy atom. The Hall–Kier alpha value is -0.830. The molecule has 0 aromatic carbocycles. The number of carbonyl (C=O) groups is 1. The highest BCUT2D eigenvalue weighted by molar-refractivity contribution is 5.79. The standard InChI is InChI=1S/C19H32O3/c1-2-22-17(20)18-13-9-7-5-3-4-6-8-10-15-19(18,21)16-12-11-14-18/h11-12,21H,2-10,13-16H2,1H3/t18-,19-/m0/s1. The lowest BCUT2D eigenvalue weighted by molar-refractivity contribution is -0.180. The third-order valence-electron chi connectivity index (χ3n) is 5.59. The summed E-state index contributed by atoms with van der Waals surface area (Å²) in [4.78, 5) is 12.8. The smallest absolute Gasteiger partial charge is 0.315 e. The molecule has 2 aliphatic carbocycles. The molecule has 0 unspecified atom stereocenters. The molecule has 22 heavy (non-hydrogen) atoms. The minimum Gasteiger partial charge on any atom is -0.465 e. The van der Waals surface area contributed by atoms with Gasteiger partial charge in [-0.25, -0.2) is 0 Å². The molecule has 3 heteroatoms. The summed E-state index contributed by atoms with van der Waals surface area (Å²) < 4.78 is 5.40. The Kier molecular flexibility index (Phi) is 6.49. The zero-order valence-electron chi connectivity index (χ0n) is 14.1. The van der Waals surface area contributed by atoms with Crippen molar-refractivity contribution in [1.82, 2.24) is 0 Å². The van der Waals surface area contributed by atoms with Crippen molar-refractivity contribution in [2.75, 3.05) is 6.61 Å². The molecule has 1 saturated carbocycles. The van der Waals surface area contributed by atoms with Gasteiger partial charge in [0.25, 0.3) is 0 Å². The minimum atomic E-state index is -0.923. The first-order valence-electron chi connectivity index (χ1n) is 9.19. The van der Waals surface area contributed by atoms with Gasteiger partial charge in [0.1, 0.15) is 5.41 Å². The molecule has 0 spiro atoms. The maximum Gasteiger partial charge on any atom is 0.315 e. The average Bonchev–Trinajstić information content (AvgIpc) is 2.49. The maximum absolute atomic E-state index is 12.8. The number of ether oxygens (including phenoxy) is 1. The highest BCUT2D eigenvalue weighted by Gasteiger charge is 2.55. The van der Waals surface area contributed by atoms with Crippen molar-refractivity contribution in [2.24, 2.45) is 5.41 Å². The van der Waals surface area contributed by atoms with Gasteiger partial charge in [-0.2, -0.15) is 0 Å². The summed E-state index contributed by atoms with van der Waals surface area (Å²) in [5.41, 5.74) is -1.65. The molecular weight excluding hydrogens is 276 g/mol. The SMILES string of the molecule is CCOC(=O)[C@]12CC=CC[C@@]1(O)CCCCCCCCCC2. The second kappa shape index (κ2) is 8.14. The van der Waals surface area contributed by atoms with Crippen LogP contribution in [0, 0.1) is 5.41 Å². The largest absolute Gasteiger partial charge is 0.465 e. The van der Waals surface area contributed by atoms with E-state index in [0.29, 0.717) is 19.4 Å². The van der Waals surface area contributed by atoms with Gasteiger partial charge in [-0.05, 0) is 32.6 Å². The van der Waals surface area contributed by atoms with Gasteiger partial charge in [-0.1, -0.05) is 63.5 Å². The Morgan fingerprint density at radius 3 is 2.14 bits per heavy atom. The van der Waals surface area contributed by atoms with Crippen molar-refractivity contribution in [3.8, 4) is 0 Å². The predicted molar refractivity (Wildman–Crippen MR) is 88.6 cm³/mol. The van der Waals surface area contributed by atoms with Gasteiger partial charge < -0.3 is 9.84 Å². The molecule has 0 aromatic rings. The molecule has 2 rings (SSSR count). The Balaban J connectivity index is 2.24.